The summed E-state index contributed by atoms with van der Waals surface area (Å²) in [4.78, 5) is 23.4. The number of aliphatic hydroxyl groups excluding tert-OH is 2. The summed E-state index contributed by atoms with van der Waals surface area (Å²) in [5.41, 5.74) is -0.739. The van der Waals surface area contributed by atoms with Crippen molar-refractivity contribution in [1.29, 1.82) is 0 Å². The van der Waals surface area contributed by atoms with E-state index in [0.29, 0.717) is 0 Å². The van der Waals surface area contributed by atoms with E-state index >= 15 is 0 Å². The van der Waals surface area contributed by atoms with Gasteiger partial charge in [-0.25, -0.2) is 9.59 Å². The molecule has 0 aromatic carbocycles. The van der Waals surface area contributed by atoms with Crippen molar-refractivity contribution >= 4 is 11.9 Å². The Labute approximate surface area is 128 Å². The van der Waals surface area contributed by atoms with Gasteiger partial charge in [0.15, 0.2) is 0 Å². The highest BCUT2D eigenvalue weighted by atomic mass is 16.5. The Kier molecular flexibility index (Phi) is 4.26. The first kappa shape index (κ1) is 16.5. The van der Waals surface area contributed by atoms with Crippen LogP contribution in [0.4, 0.5) is 0 Å². The molecule has 22 heavy (non-hydrogen) atoms. The fourth-order valence-corrected chi connectivity index (χ4v) is 3.51. The Morgan fingerprint density at radius 1 is 1.50 bits per heavy atom. The van der Waals surface area contributed by atoms with Crippen LogP contribution < -0.4 is 0 Å². The molecule has 2 fully saturated rings. The van der Waals surface area contributed by atoms with E-state index in [4.69, 9.17) is 4.74 Å². The van der Waals surface area contributed by atoms with Crippen molar-refractivity contribution in [3.8, 4) is 0 Å². The summed E-state index contributed by atoms with van der Waals surface area (Å²) in [5, 5.41) is 21.1. The van der Waals surface area contributed by atoms with Crippen molar-refractivity contribution in [2.45, 2.75) is 18.6 Å². The molecule has 6 heteroatoms. The number of carbonyl (C=O) groups excluding carboxylic acids is 2. The maximum absolute atomic E-state index is 11.8. The Hall–Kier alpha value is -1.92. The number of aliphatic hydroxyl groups is 2. The van der Waals surface area contributed by atoms with Crippen LogP contribution in [0.2, 0.25) is 0 Å². The Bertz CT molecular complexity index is 551. The molecule has 1 aliphatic carbocycles. The van der Waals surface area contributed by atoms with Crippen molar-refractivity contribution in [3.63, 3.8) is 0 Å². The molecule has 0 aromatic heterocycles. The number of hydrogen-bond donors (Lipinski definition) is 2. The molecule has 1 heterocycles. The van der Waals surface area contributed by atoms with Crippen LogP contribution in [-0.2, 0) is 19.1 Å². The molecule has 0 spiro atoms. The second-order valence-electron chi connectivity index (χ2n) is 5.82. The SMILES string of the molecule is C=CC12COC(=O)C(=C)C1C(O)C(C(=C)C(=O)OC)C(O)C2. The minimum absolute atomic E-state index is 0.00452. The van der Waals surface area contributed by atoms with Gasteiger partial charge in [0.1, 0.15) is 6.61 Å². The third kappa shape index (κ3) is 2.28. The number of fused-ring (bicyclic) bond motifs is 1. The number of esters is 2. The number of ether oxygens (including phenoxy) is 2. The predicted molar refractivity (Wildman–Crippen MR) is 77.5 cm³/mol. The van der Waals surface area contributed by atoms with E-state index < -0.39 is 41.4 Å². The van der Waals surface area contributed by atoms with E-state index in [-0.39, 0.29) is 24.2 Å². The highest BCUT2D eigenvalue weighted by molar-refractivity contribution is 5.91. The van der Waals surface area contributed by atoms with Gasteiger partial charge in [-0.1, -0.05) is 19.2 Å². The lowest BCUT2D eigenvalue weighted by molar-refractivity contribution is -0.165. The minimum Gasteiger partial charge on any atom is -0.466 e. The zero-order valence-corrected chi connectivity index (χ0v) is 12.4. The first-order chi connectivity index (χ1) is 10.3. The molecule has 1 aliphatic heterocycles. The standard InChI is InChI=1S/C16H20O6/c1-5-16-6-10(17)11(8(2)14(19)21-4)13(18)12(16)9(3)15(20)22-7-16/h5,10-13,17-18H,1-3,6-7H2,4H3. The summed E-state index contributed by atoms with van der Waals surface area (Å²) in [7, 11) is 1.19. The topological polar surface area (TPSA) is 93.1 Å². The quantitative estimate of drug-likeness (QED) is 0.444. The second-order valence-corrected chi connectivity index (χ2v) is 5.82. The number of cyclic esters (lactones) is 1. The summed E-state index contributed by atoms with van der Waals surface area (Å²) >= 11 is 0. The van der Waals surface area contributed by atoms with E-state index in [2.05, 4.69) is 24.5 Å². The largest absolute Gasteiger partial charge is 0.466 e. The van der Waals surface area contributed by atoms with Gasteiger partial charge in [0.2, 0.25) is 0 Å². The van der Waals surface area contributed by atoms with Gasteiger partial charge < -0.3 is 19.7 Å². The van der Waals surface area contributed by atoms with Crippen LogP contribution in [0.1, 0.15) is 6.42 Å². The molecular weight excluding hydrogens is 288 g/mol. The summed E-state index contributed by atoms with van der Waals surface area (Å²) in [6.45, 7) is 11.1. The van der Waals surface area contributed by atoms with Crippen molar-refractivity contribution < 1.29 is 29.3 Å². The summed E-state index contributed by atoms with van der Waals surface area (Å²) < 4.78 is 9.67. The molecule has 5 unspecified atom stereocenters. The first-order valence-corrected chi connectivity index (χ1v) is 6.92. The minimum atomic E-state index is -1.21. The molecule has 0 aromatic rings. The van der Waals surface area contributed by atoms with Gasteiger partial charge >= 0.3 is 11.9 Å². The molecule has 120 valence electrons. The summed E-state index contributed by atoms with van der Waals surface area (Å²) in [6, 6.07) is 0. The average molecular weight is 308 g/mol. The molecule has 2 N–H and O–H groups in total. The zero-order chi connectivity index (χ0) is 16.7. The Morgan fingerprint density at radius 3 is 2.68 bits per heavy atom. The van der Waals surface area contributed by atoms with Gasteiger partial charge in [-0.15, -0.1) is 6.58 Å². The van der Waals surface area contributed by atoms with Crippen molar-refractivity contribution in [3.05, 3.63) is 37.0 Å². The number of methoxy groups -OCH3 is 1. The third-order valence-electron chi connectivity index (χ3n) is 4.70. The van der Waals surface area contributed by atoms with Crippen molar-refractivity contribution in [1.82, 2.24) is 0 Å². The summed E-state index contributed by atoms with van der Waals surface area (Å²) in [6.07, 6.45) is -0.515. The number of hydrogen-bond acceptors (Lipinski definition) is 6. The van der Waals surface area contributed by atoms with E-state index in [0.717, 1.165) is 0 Å². The first-order valence-electron chi connectivity index (χ1n) is 6.92. The molecule has 0 bridgehead atoms. The van der Waals surface area contributed by atoms with Gasteiger partial charge in [-0.05, 0) is 6.42 Å². The maximum Gasteiger partial charge on any atom is 0.333 e. The molecule has 0 amide bonds. The average Bonchev–Trinajstić information content (AvgIpc) is 2.49. The van der Waals surface area contributed by atoms with Gasteiger partial charge in [0.05, 0.1) is 19.3 Å². The number of rotatable bonds is 3. The van der Waals surface area contributed by atoms with E-state index in [1.54, 1.807) is 6.08 Å². The highest BCUT2D eigenvalue weighted by Gasteiger charge is 2.57. The fourth-order valence-electron chi connectivity index (χ4n) is 3.51. The lowest BCUT2D eigenvalue weighted by Crippen LogP contribution is -2.58. The molecule has 1 saturated carbocycles. The molecule has 5 atom stereocenters. The Balaban J connectivity index is 2.43. The molecule has 2 aliphatic rings. The van der Waals surface area contributed by atoms with E-state index in [1.807, 2.05) is 0 Å². The van der Waals surface area contributed by atoms with Crippen LogP contribution in [0, 0.1) is 17.3 Å². The van der Waals surface area contributed by atoms with Gasteiger partial charge in [0.25, 0.3) is 0 Å². The van der Waals surface area contributed by atoms with E-state index in [9.17, 15) is 19.8 Å². The van der Waals surface area contributed by atoms with Crippen LogP contribution in [-0.4, -0.2) is 48.1 Å². The van der Waals surface area contributed by atoms with Crippen LogP contribution >= 0.6 is 0 Å². The van der Waals surface area contributed by atoms with Crippen LogP contribution in [0.3, 0.4) is 0 Å². The lowest BCUT2D eigenvalue weighted by Gasteiger charge is -2.52. The monoisotopic (exact) mass is 308 g/mol. The molecule has 1 saturated heterocycles. The maximum atomic E-state index is 11.8. The third-order valence-corrected chi connectivity index (χ3v) is 4.70. The van der Waals surface area contributed by atoms with Crippen molar-refractivity contribution in [2.24, 2.45) is 17.3 Å². The fraction of sp³-hybridized carbons (Fsp3) is 0.500. The predicted octanol–water partition coefficient (Wildman–Crippen LogP) is 0.359. The van der Waals surface area contributed by atoms with Crippen LogP contribution in [0.5, 0.6) is 0 Å². The summed E-state index contributed by atoms with van der Waals surface area (Å²) in [5.74, 6) is -2.94. The van der Waals surface area contributed by atoms with Crippen molar-refractivity contribution in [2.75, 3.05) is 13.7 Å². The molecule has 2 rings (SSSR count). The lowest BCUT2D eigenvalue weighted by atomic mass is 9.57. The normalized spacial score (nSPS) is 37.8. The smallest absolute Gasteiger partial charge is 0.333 e. The van der Waals surface area contributed by atoms with E-state index in [1.165, 1.54) is 7.11 Å². The zero-order valence-electron chi connectivity index (χ0n) is 12.4. The molecular formula is C16H20O6. The van der Waals surface area contributed by atoms with Crippen LogP contribution in [0.25, 0.3) is 0 Å². The second kappa shape index (κ2) is 5.70. The van der Waals surface area contributed by atoms with Gasteiger partial charge in [-0.2, -0.15) is 0 Å². The molecule has 0 radical (unpaired) electrons. The van der Waals surface area contributed by atoms with Gasteiger partial charge in [-0.3, -0.25) is 0 Å². The van der Waals surface area contributed by atoms with Crippen LogP contribution in [0.15, 0.2) is 37.0 Å². The number of carbonyl (C=O) groups is 2. The Morgan fingerprint density at radius 2 is 2.14 bits per heavy atom. The van der Waals surface area contributed by atoms with Gasteiger partial charge in [0, 0.05) is 28.4 Å². The molecule has 6 nitrogen and oxygen atoms in total. The highest BCUT2D eigenvalue weighted by Crippen LogP contribution is 2.51.